The molecule has 2 aromatic heterocycles. The van der Waals surface area contributed by atoms with Crippen molar-refractivity contribution in [3.8, 4) is 11.4 Å². The third-order valence-corrected chi connectivity index (χ3v) is 5.22. The number of furan rings is 1. The van der Waals surface area contributed by atoms with Gasteiger partial charge in [0, 0.05) is 17.7 Å². The number of halogens is 1. The zero-order valence-corrected chi connectivity index (χ0v) is 19.2. The Balaban J connectivity index is 1.29. The summed E-state index contributed by atoms with van der Waals surface area (Å²) < 4.78 is 24.0. The first kappa shape index (κ1) is 23.7. The van der Waals surface area contributed by atoms with Gasteiger partial charge in [0.2, 0.25) is 11.7 Å². The molecule has 2 aromatic carbocycles. The summed E-state index contributed by atoms with van der Waals surface area (Å²) in [4.78, 5) is 29.0. The summed E-state index contributed by atoms with van der Waals surface area (Å²) in [5, 5.41) is 12.2. The highest BCUT2D eigenvalue weighted by molar-refractivity contribution is 5.94. The number of aromatic nitrogens is 2. The van der Waals surface area contributed by atoms with Crippen molar-refractivity contribution in [1.82, 2.24) is 26.1 Å². The van der Waals surface area contributed by atoms with Crippen LogP contribution in [0.1, 0.15) is 46.1 Å². The van der Waals surface area contributed by atoms with Gasteiger partial charge in [-0.3, -0.25) is 4.79 Å². The van der Waals surface area contributed by atoms with Gasteiger partial charge >= 0.3 is 6.03 Å². The van der Waals surface area contributed by atoms with Crippen molar-refractivity contribution in [2.24, 2.45) is 0 Å². The molecule has 9 nitrogen and oxygen atoms in total. The van der Waals surface area contributed by atoms with E-state index in [1.807, 2.05) is 6.07 Å². The monoisotopic (exact) mass is 477 g/mol. The molecule has 0 aliphatic heterocycles. The van der Waals surface area contributed by atoms with Gasteiger partial charge in [-0.2, -0.15) is 4.98 Å². The van der Waals surface area contributed by atoms with Crippen LogP contribution in [0.2, 0.25) is 0 Å². The minimum absolute atomic E-state index is 0.210. The Morgan fingerprint density at radius 3 is 2.69 bits per heavy atom. The first-order valence-electron chi connectivity index (χ1n) is 10.9. The van der Waals surface area contributed by atoms with E-state index in [2.05, 4.69) is 26.1 Å². The second-order valence-corrected chi connectivity index (χ2v) is 7.93. The molecule has 0 saturated heterocycles. The number of nitrogens with zero attached hydrogens (tertiary/aromatic N) is 2. The number of carbonyl (C=O) groups excluding carboxylic acids is 2. The Morgan fingerprint density at radius 1 is 1.06 bits per heavy atom. The van der Waals surface area contributed by atoms with Crippen LogP contribution >= 0.6 is 0 Å². The largest absolute Gasteiger partial charge is 0.467 e. The number of amides is 3. The molecule has 3 amide bonds. The van der Waals surface area contributed by atoms with Gasteiger partial charge in [-0.1, -0.05) is 17.3 Å². The van der Waals surface area contributed by atoms with Gasteiger partial charge in [0.05, 0.1) is 12.8 Å². The Labute approximate surface area is 200 Å². The predicted molar refractivity (Wildman–Crippen MR) is 125 cm³/mol. The Bertz CT molecular complexity index is 1320. The van der Waals surface area contributed by atoms with Crippen LogP contribution in [-0.4, -0.2) is 22.1 Å². The van der Waals surface area contributed by atoms with Crippen LogP contribution in [-0.2, 0) is 13.1 Å². The lowest BCUT2D eigenvalue weighted by Gasteiger charge is -2.12. The highest BCUT2D eigenvalue weighted by Gasteiger charge is 2.18. The van der Waals surface area contributed by atoms with Crippen molar-refractivity contribution in [2.75, 3.05) is 0 Å². The zero-order valence-electron chi connectivity index (χ0n) is 19.2. The number of hydrogen-bond donors (Lipinski definition) is 3. The molecule has 0 aliphatic rings. The maximum absolute atomic E-state index is 13.5. The topological polar surface area (TPSA) is 122 Å². The van der Waals surface area contributed by atoms with Crippen molar-refractivity contribution in [1.29, 1.82) is 0 Å². The van der Waals surface area contributed by atoms with Crippen molar-refractivity contribution in [3.63, 3.8) is 0 Å². The Morgan fingerprint density at radius 2 is 1.91 bits per heavy atom. The average molecular weight is 477 g/mol. The van der Waals surface area contributed by atoms with Gasteiger partial charge in [-0.05, 0) is 67.4 Å². The quantitative estimate of drug-likeness (QED) is 0.348. The molecule has 1 unspecified atom stereocenters. The first-order chi connectivity index (χ1) is 16.9. The van der Waals surface area contributed by atoms with Crippen LogP contribution in [0.25, 0.3) is 11.4 Å². The van der Waals surface area contributed by atoms with Gasteiger partial charge < -0.3 is 24.9 Å². The summed E-state index contributed by atoms with van der Waals surface area (Å²) in [5.41, 5.74) is 2.31. The van der Waals surface area contributed by atoms with Crippen LogP contribution in [0.5, 0.6) is 0 Å². The lowest BCUT2D eigenvalue weighted by atomic mass is 10.1. The maximum atomic E-state index is 13.5. The maximum Gasteiger partial charge on any atom is 0.315 e. The second kappa shape index (κ2) is 10.6. The fraction of sp³-hybridized carbons (Fsp3) is 0.200. The third-order valence-electron chi connectivity index (χ3n) is 5.22. The summed E-state index contributed by atoms with van der Waals surface area (Å²) in [6.45, 7) is 3.85. The summed E-state index contributed by atoms with van der Waals surface area (Å²) >= 11 is 0. The van der Waals surface area contributed by atoms with Crippen LogP contribution < -0.4 is 16.0 Å². The van der Waals surface area contributed by atoms with E-state index in [1.165, 1.54) is 6.07 Å². The zero-order chi connectivity index (χ0) is 24.8. The summed E-state index contributed by atoms with van der Waals surface area (Å²) in [7, 11) is 0. The highest BCUT2D eigenvalue weighted by atomic mass is 19.1. The van der Waals surface area contributed by atoms with Gasteiger partial charge in [0.15, 0.2) is 0 Å². The van der Waals surface area contributed by atoms with Crippen LogP contribution in [0.3, 0.4) is 0 Å². The van der Waals surface area contributed by atoms with E-state index < -0.39 is 12.1 Å². The molecule has 3 N–H and O–H groups in total. The normalized spacial score (nSPS) is 11.6. The molecule has 35 heavy (non-hydrogen) atoms. The highest BCUT2D eigenvalue weighted by Crippen LogP contribution is 2.21. The van der Waals surface area contributed by atoms with Gasteiger partial charge in [0.25, 0.3) is 5.91 Å². The molecular weight excluding hydrogens is 453 g/mol. The molecule has 0 spiro atoms. The summed E-state index contributed by atoms with van der Waals surface area (Å²) in [5.74, 6) is 0.615. The van der Waals surface area contributed by atoms with E-state index in [4.69, 9.17) is 8.94 Å². The van der Waals surface area contributed by atoms with E-state index in [0.29, 0.717) is 28.3 Å². The van der Waals surface area contributed by atoms with Gasteiger partial charge in [-0.15, -0.1) is 0 Å². The lowest BCUT2D eigenvalue weighted by molar-refractivity contribution is 0.0948. The number of nitrogens with one attached hydrogen (secondary N) is 3. The SMILES string of the molecule is Cc1cc(-c2noc(C(C)NC(=O)NCc3cccc(C(=O)NCc4ccco4)c3)n2)ccc1F. The molecule has 4 aromatic rings. The molecule has 0 aliphatic carbocycles. The summed E-state index contributed by atoms with van der Waals surface area (Å²) in [6.07, 6.45) is 1.55. The van der Waals surface area contributed by atoms with Crippen molar-refractivity contribution >= 4 is 11.9 Å². The number of urea groups is 1. The molecule has 1 atom stereocenters. The number of aryl methyl sites for hydroxylation is 1. The molecule has 10 heteroatoms. The molecule has 0 radical (unpaired) electrons. The van der Waals surface area contributed by atoms with E-state index >= 15 is 0 Å². The van der Waals surface area contributed by atoms with E-state index in [1.54, 1.807) is 62.6 Å². The smallest absolute Gasteiger partial charge is 0.315 e. The lowest BCUT2D eigenvalue weighted by Crippen LogP contribution is -2.36. The fourth-order valence-corrected chi connectivity index (χ4v) is 3.31. The van der Waals surface area contributed by atoms with Crippen molar-refractivity contribution in [3.05, 3.63) is 95.0 Å². The van der Waals surface area contributed by atoms with E-state index in [0.717, 1.165) is 5.56 Å². The minimum Gasteiger partial charge on any atom is -0.467 e. The molecule has 4 rings (SSSR count). The predicted octanol–water partition coefficient (Wildman–Crippen LogP) is 4.27. The fourth-order valence-electron chi connectivity index (χ4n) is 3.31. The Kier molecular flexibility index (Phi) is 7.20. The van der Waals surface area contributed by atoms with E-state index in [-0.39, 0.29) is 30.7 Å². The van der Waals surface area contributed by atoms with Crippen LogP contribution in [0.4, 0.5) is 9.18 Å². The van der Waals surface area contributed by atoms with E-state index in [9.17, 15) is 14.0 Å². The number of carbonyl (C=O) groups is 2. The molecule has 0 saturated carbocycles. The minimum atomic E-state index is -0.559. The average Bonchev–Trinajstić information content (AvgIpc) is 3.56. The van der Waals surface area contributed by atoms with Gasteiger partial charge in [0.1, 0.15) is 17.6 Å². The standard InChI is InChI=1S/C25H24FN5O4/c1-15-11-18(8-9-21(15)26)22-30-24(35-31-22)16(2)29-25(33)28-13-17-5-3-6-19(12-17)23(32)27-14-20-7-4-10-34-20/h3-12,16H,13-14H2,1-2H3,(H,27,32)(H2,28,29,33). The molecule has 2 heterocycles. The van der Waals surface area contributed by atoms with Crippen LogP contribution in [0.15, 0.2) is 69.8 Å². The van der Waals surface area contributed by atoms with Crippen LogP contribution in [0, 0.1) is 12.7 Å². The van der Waals surface area contributed by atoms with Gasteiger partial charge in [-0.25, -0.2) is 9.18 Å². The van der Waals surface area contributed by atoms with Crippen molar-refractivity contribution < 1.29 is 22.9 Å². The Hall–Kier alpha value is -4.47. The second-order valence-electron chi connectivity index (χ2n) is 7.93. The first-order valence-corrected chi connectivity index (χ1v) is 10.9. The number of benzene rings is 2. The molecule has 0 fully saturated rings. The molecule has 180 valence electrons. The summed E-state index contributed by atoms with van der Waals surface area (Å²) in [6, 6.07) is 14.0. The third kappa shape index (κ3) is 6.11. The molecule has 0 bridgehead atoms. The number of rotatable bonds is 8. The number of hydrogen-bond acceptors (Lipinski definition) is 6. The van der Waals surface area contributed by atoms with Crippen molar-refractivity contribution in [2.45, 2.75) is 33.0 Å². The molecular formula is C25H24FN5O4.